The van der Waals surface area contributed by atoms with Gasteiger partial charge in [-0.15, -0.1) is 0 Å². The molecule has 1 aliphatic heterocycles. The van der Waals surface area contributed by atoms with Crippen LogP contribution in [0.1, 0.15) is 61.2 Å². The van der Waals surface area contributed by atoms with Crippen molar-refractivity contribution >= 4 is 17.1 Å². The molecule has 0 spiro atoms. The fourth-order valence-corrected chi connectivity index (χ4v) is 7.21. The van der Waals surface area contributed by atoms with E-state index in [0.29, 0.717) is 28.6 Å². The van der Waals surface area contributed by atoms with Crippen LogP contribution in [-0.4, -0.2) is 15.0 Å². The molecule has 0 N–H and O–H groups in total. The first kappa shape index (κ1) is 31.0. The smallest absolute Gasteiger partial charge is 0.165 e. The molecule has 5 heteroatoms. The molecule has 48 heavy (non-hydrogen) atoms. The van der Waals surface area contributed by atoms with Crippen LogP contribution in [0.5, 0.6) is 0 Å². The standard InChI is InChI=1S/C43H39N5/c1-24-26(3)30(7)39-37(28(24)5)22-38-29(6)25(2)27(4)31(8)40(38)48(39)35-19-20-36(34(21-35)23-44)43-46-41(32-15-11-9-12-16-32)45-42(47-43)33-17-13-10-14-18-33/h9-21H,22H2,1-8H3. The minimum absolute atomic E-state index is 0.474. The van der Waals surface area contributed by atoms with Crippen molar-refractivity contribution in [2.45, 2.75) is 61.8 Å². The lowest BCUT2D eigenvalue weighted by Gasteiger charge is -2.39. The van der Waals surface area contributed by atoms with E-state index in [9.17, 15) is 5.26 Å². The molecule has 0 saturated heterocycles. The Labute approximate surface area is 283 Å². The molecule has 0 aliphatic carbocycles. The minimum Gasteiger partial charge on any atom is -0.309 e. The SMILES string of the molecule is Cc1c(C)c(C)c2c(c1C)Cc1c(C)c(C)c(C)c(C)c1N2c1ccc(-c2nc(-c3ccccc3)nc(-c3ccccc3)n2)c(C#N)c1. The zero-order valence-corrected chi connectivity index (χ0v) is 28.9. The van der Waals surface area contributed by atoms with Crippen LogP contribution in [0.15, 0.2) is 78.9 Å². The predicted molar refractivity (Wildman–Crippen MR) is 196 cm³/mol. The van der Waals surface area contributed by atoms with Gasteiger partial charge >= 0.3 is 0 Å². The summed E-state index contributed by atoms with van der Waals surface area (Å²) in [4.78, 5) is 17.1. The molecule has 0 amide bonds. The van der Waals surface area contributed by atoms with E-state index in [4.69, 9.17) is 15.0 Å². The molecule has 5 nitrogen and oxygen atoms in total. The third-order valence-electron chi connectivity index (χ3n) is 10.7. The summed E-state index contributed by atoms with van der Waals surface area (Å²) < 4.78 is 0. The molecule has 236 valence electrons. The maximum Gasteiger partial charge on any atom is 0.165 e. The highest BCUT2D eigenvalue weighted by Gasteiger charge is 2.32. The summed E-state index contributed by atoms with van der Waals surface area (Å²) in [5.41, 5.74) is 19.6. The molecule has 0 bridgehead atoms. The average Bonchev–Trinajstić information content (AvgIpc) is 3.13. The second-order valence-corrected chi connectivity index (χ2v) is 13.0. The van der Waals surface area contributed by atoms with Crippen molar-refractivity contribution in [2.75, 3.05) is 4.90 Å². The van der Waals surface area contributed by atoms with Crippen LogP contribution in [-0.2, 0) is 6.42 Å². The fourth-order valence-electron chi connectivity index (χ4n) is 7.21. The Hall–Kier alpha value is -5.60. The third kappa shape index (κ3) is 4.88. The fraction of sp³-hybridized carbons (Fsp3) is 0.209. The highest BCUT2D eigenvalue weighted by atomic mass is 15.2. The van der Waals surface area contributed by atoms with Crippen LogP contribution in [0.2, 0.25) is 0 Å². The second kappa shape index (κ2) is 11.9. The lowest BCUT2D eigenvalue weighted by atomic mass is 9.80. The Morgan fingerprint density at radius 3 is 1.42 bits per heavy atom. The molecule has 0 atom stereocenters. The van der Waals surface area contributed by atoms with E-state index in [1.807, 2.05) is 72.8 Å². The van der Waals surface area contributed by atoms with Crippen LogP contribution >= 0.6 is 0 Å². The van der Waals surface area contributed by atoms with Gasteiger partial charge in [0.2, 0.25) is 0 Å². The van der Waals surface area contributed by atoms with Gasteiger partial charge in [0.05, 0.1) is 23.0 Å². The lowest BCUT2D eigenvalue weighted by Crippen LogP contribution is -2.24. The number of hydrogen-bond acceptors (Lipinski definition) is 5. The van der Waals surface area contributed by atoms with Gasteiger partial charge in [0.25, 0.3) is 0 Å². The first-order valence-corrected chi connectivity index (χ1v) is 16.5. The molecule has 5 aromatic carbocycles. The summed E-state index contributed by atoms with van der Waals surface area (Å²) in [7, 11) is 0. The van der Waals surface area contributed by atoms with E-state index in [0.717, 1.165) is 23.2 Å². The normalized spacial score (nSPS) is 12.0. The third-order valence-corrected chi connectivity index (χ3v) is 10.7. The monoisotopic (exact) mass is 625 g/mol. The summed E-state index contributed by atoms with van der Waals surface area (Å²) in [6.45, 7) is 17.9. The number of aromatic nitrogens is 3. The molecule has 0 radical (unpaired) electrons. The minimum atomic E-state index is 0.474. The first-order chi connectivity index (χ1) is 23.1. The topological polar surface area (TPSA) is 65.7 Å². The van der Waals surface area contributed by atoms with E-state index < -0.39 is 0 Å². The molecule has 0 unspecified atom stereocenters. The van der Waals surface area contributed by atoms with Crippen LogP contribution in [0.25, 0.3) is 34.2 Å². The van der Waals surface area contributed by atoms with Gasteiger partial charge in [0.1, 0.15) is 0 Å². The summed E-state index contributed by atoms with van der Waals surface area (Å²) in [6.07, 6.45) is 0.890. The molecule has 1 aromatic heterocycles. The van der Waals surface area contributed by atoms with Crippen molar-refractivity contribution in [3.63, 3.8) is 0 Å². The maximum absolute atomic E-state index is 10.7. The van der Waals surface area contributed by atoms with Gasteiger partial charge in [0, 0.05) is 28.8 Å². The predicted octanol–water partition coefficient (Wildman–Crippen LogP) is 10.6. The van der Waals surface area contributed by atoms with E-state index in [1.54, 1.807) is 0 Å². The van der Waals surface area contributed by atoms with E-state index in [1.165, 1.54) is 67.0 Å². The van der Waals surface area contributed by atoms with Gasteiger partial charge in [-0.3, -0.25) is 0 Å². The van der Waals surface area contributed by atoms with Crippen LogP contribution in [0.3, 0.4) is 0 Å². The zero-order valence-electron chi connectivity index (χ0n) is 28.9. The first-order valence-electron chi connectivity index (χ1n) is 16.5. The van der Waals surface area contributed by atoms with E-state index in [2.05, 4.69) is 72.4 Å². The Bertz CT molecular complexity index is 2170. The summed E-state index contributed by atoms with van der Waals surface area (Å²) >= 11 is 0. The Balaban J connectivity index is 1.47. The van der Waals surface area contributed by atoms with Crippen LogP contribution in [0.4, 0.5) is 17.1 Å². The molecular formula is C43H39N5. The van der Waals surface area contributed by atoms with Gasteiger partial charge in [0.15, 0.2) is 17.5 Å². The molecule has 7 rings (SSSR count). The van der Waals surface area contributed by atoms with E-state index >= 15 is 0 Å². The quantitative estimate of drug-likeness (QED) is 0.195. The average molecular weight is 626 g/mol. The van der Waals surface area contributed by atoms with Crippen LogP contribution in [0, 0.1) is 66.7 Å². The van der Waals surface area contributed by atoms with Gasteiger partial charge in [-0.25, -0.2) is 15.0 Å². The lowest BCUT2D eigenvalue weighted by molar-refractivity contribution is 0.996. The Kier molecular flexibility index (Phi) is 7.68. The molecule has 6 aromatic rings. The number of nitrogens with zero attached hydrogens (tertiary/aromatic N) is 5. The Morgan fingerprint density at radius 2 is 0.958 bits per heavy atom. The van der Waals surface area contributed by atoms with Crippen LogP contribution < -0.4 is 4.90 Å². The van der Waals surface area contributed by atoms with Crippen molar-refractivity contribution in [1.29, 1.82) is 5.26 Å². The largest absolute Gasteiger partial charge is 0.309 e. The molecule has 1 aliphatic rings. The molecule has 0 fully saturated rings. The number of nitriles is 1. The van der Waals surface area contributed by atoms with E-state index in [-0.39, 0.29) is 0 Å². The van der Waals surface area contributed by atoms with Crippen molar-refractivity contribution < 1.29 is 0 Å². The van der Waals surface area contributed by atoms with Crippen molar-refractivity contribution in [3.05, 3.63) is 140 Å². The highest BCUT2D eigenvalue weighted by Crippen LogP contribution is 2.51. The van der Waals surface area contributed by atoms with Crippen molar-refractivity contribution in [2.24, 2.45) is 0 Å². The van der Waals surface area contributed by atoms with Crippen molar-refractivity contribution in [1.82, 2.24) is 15.0 Å². The molecular weight excluding hydrogens is 587 g/mol. The zero-order chi connectivity index (χ0) is 33.9. The summed E-state index contributed by atoms with van der Waals surface area (Å²) in [6, 6.07) is 28.5. The number of benzene rings is 5. The van der Waals surface area contributed by atoms with Gasteiger partial charge < -0.3 is 4.90 Å². The van der Waals surface area contributed by atoms with Gasteiger partial charge in [-0.2, -0.15) is 5.26 Å². The maximum atomic E-state index is 10.7. The molecule has 0 saturated carbocycles. The number of fused-ring (bicyclic) bond motifs is 2. The van der Waals surface area contributed by atoms with Crippen molar-refractivity contribution in [3.8, 4) is 40.2 Å². The number of anilines is 3. The summed E-state index contributed by atoms with van der Waals surface area (Å²) in [5.74, 6) is 1.61. The van der Waals surface area contributed by atoms with Gasteiger partial charge in [-0.1, -0.05) is 60.7 Å². The highest BCUT2D eigenvalue weighted by molar-refractivity contribution is 5.91. The summed E-state index contributed by atoms with van der Waals surface area (Å²) in [5, 5.41) is 10.7. The Morgan fingerprint density at radius 1 is 0.521 bits per heavy atom. The second-order valence-electron chi connectivity index (χ2n) is 13.0. The number of hydrogen-bond donors (Lipinski definition) is 0. The number of rotatable bonds is 4. The molecule has 2 heterocycles. The van der Waals surface area contributed by atoms with Gasteiger partial charge in [-0.05, 0) is 129 Å².